The van der Waals surface area contributed by atoms with Gasteiger partial charge in [0, 0.05) is 17.2 Å². The van der Waals surface area contributed by atoms with Gasteiger partial charge in [0.15, 0.2) is 0 Å². The van der Waals surface area contributed by atoms with Gasteiger partial charge in [0.1, 0.15) is 0 Å². The molecule has 0 bridgehead atoms. The maximum Gasteiger partial charge on any atom is 0.471 e. The summed E-state index contributed by atoms with van der Waals surface area (Å²) in [5.74, 6) is 0.724. The average molecular weight is 257 g/mol. The zero-order chi connectivity index (χ0) is 13.8. The summed E-state index contributed by atoms with van der Waals surface area (Å²) in [6, 6.07) is 4.97. The molecule has 0 fully saturated rings. The Hall–Kier alpha value is -2.49. The lowest BCUT2D eigenvalue weighted by molar-refractivity contribution is -0.167. The Kier molecular flexibility index (Phi) is 3.94. The minimum atomic E-state index is -4.96. The molecule has 0 saturated heterocycles. The van der Waals surface area contributed by atoms with Crippen LogP contribution >= 0.6 is 0 Å². The van der Waals surface area contributed by atoms with E-state index in [1.54, 1.807) is 5.32 Å². The van der Waals surface area contributed by atoms with Crippen molar-refractivity contribution in [3.05, 3.63) is 29.8 Å². The number of carbonyl (C=O) groups excluding carboxylic acids is 1. The third-order valence-corrected chi connectivity index (χ3v) is 1.71. The van der Waals surface area contributed by atoms with Crippen molar-refractivity contribution in [2.45, 2.75) is 6.18 Å². The predicted molar refractivity (Wildman–Crippen MR) is 55.6 cm³/mol. The number of hydrogen-bond acceptors (Lipinski definition) is 2. The second kappa shape index (κ2) is 5.23. The van der Waals surface area contributed by atoms with Crippen LogP contribution in [0.25, 0.3) is 0 Å². The molecular weight excluding hydrogens is 251 g/mol. The summed E-state index contributed by atoms with van der Waals surface area (Å²) in [6.07, 6.45) is -4.96. The van der Waals surface area contributed by atoms with Gasteiger partial charge in [0.2, 0.25) is 0 Å². The first kappa shape index (κ1) is 13.6. The Bertz CT molecular complexity index is 523. The fraction of sp³-hybridized carbons (Fsp3) is 0.0909. The first-order valence-corrected chi connectivity index (χ1v) is 4.52. The highest BCUT2D eigenvalue weighted by molar-refractivity contribution is 5.95. The lowest BCUT2D eigenvalue weighted by Gasteiger charge is -2.07. The average Bonchev–Trinajstić information content (AvgIpc) is 2.26. The third-order valence-electron chi connectivity index (χ3n) is 1.71. The van der Waals surface area contributed by atoms with E-state index in [0.717, 1.165) is 0 Å². The second-order valence-electron chi connectivity index (χ2n) is 3.08. The van der Waals surface area contributed by atoms with Gasteiger partial charge >= 0.3 is 18.1 Å². The standard InChI is InChI=1S/C11H6F3NO3/c12-11(13,14)10(18)15-8-4-1-7(2-5-8)3-6-9(16)17/h1-2,4-5H,(H,15,18)(H,16,17). The van der Waals surface area contributed by atoms with Gasteiger partial charge in [-0.25, -0.2) is 4.79 Å². The van der Waals surface area contributed by atoms with E-state index in [0.29, 0.717) is 5.56 Å². The number of amides is 1. The SMILES string of the molecule is O=C(O)C#Cc1ccc(NC(=O)C(F)(F)F)cc1. The minimum Gasteiger partial charge on any atom is -0.472 e. The Morgan fingerprint density at radius 1 is 1.17 bits per heavy atom. The van der Waals surface area contributed by atoms with Crippen molar-refractivity contribution in [3.63, 3.8) is 0 Å². The highest BCUT2D eigenvalue weighted by Crippen LogP contribution is 2.18. The molecule has 1 aromatic carbocycles. The van der Waals surface area contributed by atoms with Gasteiger partial charge in [-0.05, 0) is 24.3 Å². The number of anilines is 1. The number of carbonyl (C=O) groups is 2. The van der Waals surface area contributed by atoms with E-state index >= 15 is 0 Å². The number of carboxylic acids is 1. The van der Waals surface area contributed by atoms with Crippen molar-refractivity contribution in [1.29, 1.82) is 0 Å². The van der Waals surface area contributed by atoms with Gasteiger partial charge in [0.25, 0.3) is 0 Å². The van der Waals surface area contributed by atoms with Gasteiger partial charge in [-0.1, -0.05) is 5.92 Å². The van der Waals surface area contributed by atoms with E-state index < -0.39 is 18.1 Å². The van der Waals surface area contributed by atoms with E-state index in [1.807, 2.05) is 5.92 Å². The molecule has 2 N–H and O–H groups in total. The number of nitrogens with one attached hydrogen (secondary N) is 1. The zero-order valence-electron chi connectivity index (χ0n) is 8.71. The van der Waals surface area contributed by atoms with Crippen molar-refractivity contribution in [3.8, 4) is 11.8 Å². The Balaban J connectivity index is 2.76. The minimum absolute atomic E-state index is 0.0572. The number of rotatable bonds is 1. The molecule has 1 aromatic rings. The summed E-state index contributed by atoms with van der Waals surface area (Å²) in [6.45, 7) is 0. The number of hydrogen-bond donors (Lipinski definition) is 2. The van der Waals surface area contributed by atoms with Crippen LogP contribution in [-0.2, 0) is 9.59 Å². The maximum atomic E-state index is 11.9. The molecule has 0 aliphatic heterocycles. The molecule has 18 heavy (non-hydrogen) atoms. The third kappa shape index (κ3) is 4.17. The highest BCUT2D eigenvalue weighted by Gasteiger charge is 2.38. The molecule has 0 aliphatic rings. The molecule has 0 aliphatic carbocycles. The predicted octanol–water partition coefficient (Wildman–Crippen LogP) is 1.62. The van der Waals surface area contributed by atoms with Crippen molar-refractivity contribution in [2.24, 2.45) is 0 Å². The van der Waals surface area contributed by atoms with Gasteiger partial charge in [-0.15, -0.1) is 0 Å². The molecular formula is C11H6F3NO3. The van der Waals surface area contributed by atoms with Crippen LogP contribution in [0.4, 0.5) is 18.9 Å². The van der Waals surface area contributed by atoms with Crippen molar-refractivity contribution in [2.75, 3.05) is 5.32 Å². The fourth-order valence-corrected chi connectivity index (χ4v) is 0.964. The van der Waals surface area contributed by atoms with Crippen molar-refractivity contribution < 1.29 is 27.9 Å². The van der Waals surface area contributed by atoms with Gasteiger partial charge in [-0.2, -0.15) is 13.2 Å². The first-order chi connectivity index (χ1) is 8.29. The van der Waals surface area contributed by atoms with Crippen molar-refractivity contribution in [1.82, 2.24) is 0 Å². The number of carboxylic acid groups (broad SMARTS) is 1. The summed E-state index contributed by atoms with van der Waals surface area (Å²) in [5, 5.41) is 9.93. The maximum absolute atomic E-state index is 11.9. The van der Waals surface area contributed by atoms with Crippen LogP contribution in [0.3, 0.4) is 0 Å². The summed E-state index contributed by atoms with van der Waals surface area (Å²) >= 11 is 0. The smallest absolute Gasteiger partial charge is 0.471 e. The fourth-order valence-electron chi connectivity index (χ4n) is 0.964. The molecule has 0 saturated carbocycles. The Morgan fingerprint density at radius 2 is 1.72 bits per heavy atom. The molecule has 4 nitrogen and oxygen atoms in total. The van der Waals surface area contributed by atoms with Crippen LogP contribution in [0, 0.1) is 11.8 Å². The number of halogens is 3. The highest BCUT2D eigenvalue weighted by atomic mass is 19.4. The van der Waals surface area contributed by atoms with Gasteiger partial charge < -0.3 is 10.4 Å². The molecule has 0 spiro atoms. The van der Waals surface area contributed by atoms with E-state index in [1.165, 1.54) is 24.3 Å². The molecule has 0 atom stereocenters. The largest absolute Gasteiger partial charge is 0.472 e. The second-order valence-corrected chi connectivity index (χ2v) is 3.08. The molecule has 7 heteroatoms. The Morgan fingerprint density at radius 3 is 2.17 bits per heavy atom. The summed E-state index contributed by atoms with van der Waals surface area (Å²) < 4.78 is 35.8. The molecule has 0 heterocycles. The lowest BCUT2D eigenvalue weighted by atomic mass is 10.2. The van der Waals surface area contributed by atoms with Crippen LogP contribution in [0.5, 0.6) is 0 Å². The summed E-state index contributed by atoms with van der Waals surface area (Å²) in [5.41, 5.74) is 0.251. The molecule has 0 aromatic heterocycles. The normalized spacial score (nSPS) is 10.2. The van der Waals surface area contributed by atoms with E-state index in [-0.39, 0.29) is 5.69 Å². The number of aliphatic carboxylic acids is 1. The monoisotopic (exact) mass is 257 g/mol. The summed E-state index contributed by atoms with van der Waals surface area (Å²) in [4.78, 5) is 20.7. The van der Waals surface area contributed by atoms with Gasteiger partial charge in [0.05, 0.1) is 0 Å². The summed E-state index contributed by atoms with van der Waals surface area (Å²) in [7, 11) is 0. The van der Waals surface area contributed by atoms with Crippen LogP contribution in [-0.4, -0.2) is 23.2 Å². The Labute approximate surface area is 99.4 Å². The number of alkyl halides is 3. The molecule has 1 amide bonds. The molecule has 1 rings (SSSR count). The van der Waals surface area contributed by atoms with Crippen LogP contribution in [0.1, 0.15) is 5.56 Å². The first-order valence-electron chi connectivity index (χ1n) is 4.52. The topological polar surface area (TPSA) is 66.4 Å². The zero-order valence-corrected chi connectivity index (χ0v) is 8.71. The van der Waals surface area contributed by atoms with Gasteiger partial charge in [-0.3, -0.25) is 4.79 Å². The van der Waals surface area contributed by atoms with Crippen molar-refractivity contribution >= 4 is 17.6 Å². The molecule has 0 unspecified atom stereocenters. The number of benzene rings is 1. The molecule has 0 radical (unpaired) electrons. The van der Waals surface area contributed by atoms with Crippen LogP contribution < -0.4 is 5.32 Å². The van der Waals surface area contributed by atoms with E-state index in [9.17, 15) is 22.8 Å². The van der Waals surface area contributed by atoms with Crippen LogP contribution in [0.15, 0.2) is 24.3 Å². The molecule has 94 valence electrons. The van der Waals surface area contributed by atoms with E-state index in [4.69, 9.17) is 5.11 Å². The lowest BCUT2D eigenvalue weighted by Crippen LogP contribution is -2.29. The van der Waals surface area contributed by atoms with Crippen LogP contribution in [0.2, 0.25) is 0 Å². The quantitative estimate of drug-likeness (QED) is 0.751. The van der Waals surface area contributed by atoms with E-state index in [2.05, 4.69) is 5.92 Å².